The summed E-state index contributed by atoms with van der Waals surface area (Å²) in [6, 6.07) is 6.32. The van der Waals surface area contributed by atoms with E-state index in [1.165, 1.54) is 11.1 Å². The summed E-state index contributed by atoms with van der Waals surface area (Å²) < 4.78 is 6.11. The van der Waals surface area contributed by atoms with Crippen molar-refractivity contribution in [2.24, 2.45) is 0 Å². The molecule has 2 heterocycles. The predicted octanol–water partition coefficient (Wildman–Crippen LogP) is 1.72. The monoisotopic (exact) mass is 291 g/mol. The number of aliphatic hydroxyl groups is 2. The number of aliphatic hydroxyl groups excluding tert-OH is 1. The Morgan fingerprint density at radius 2 is 2.14 bits per heavy atom. The fourth-order valence-electron chi connectivity index (χ4n) is 3.51. The van der Waals surface area contributed by atoms with Crippen LogP contribution < -0.4 is 4.74 Å². The van der Waals surface area contributed by atoms with Crippen molar-refractivity contribution in [1.29, 1.82) is 0 Å². The third-order valence-corrected chi connectivity index (χ3v) is 4.50. The number of β-amino-alcohol motifs (C(OH)–C–C–N with tert-alkyl or cyclic N) is 1. The molecule has 0 aliphatic carbocycles. The van der Waals surface area contributed by atoms with E-state index in [2.05, 4.69) is 36.9 Å². The Morgan fingerprint density at radius 1 is 1.33 bits per heavy atom. The molecule has 116 valence electrons. The van der Waals surface area contributed by atoms with Gasteiger partial charge >= 0.3 is 0 Å². The SMILES string of the molecule is CC1(C)Cc2cccc(CN3CCC[C@](O)(CO)C3)c2O1. The normalized spacial score (nSPS) is 28.2. The topological polar surface area (TPSA) is 52.9 Å². The number of hydrogen-bond acceptors (Lipinski definition) is 4. The highest BCUT2D eigenvalue weighted by atomic mass is 16.5. The summed E-state index contributed by atoms with van der Waals surface area (Å²) in [6.07, 6.45) is 2.53. The van der Waals surface area contributed by atoms with E-state index >= 15 is 0 Å². The van der Waals surface area contributed by atoms with E-state index in [4.69, 9.17) is 4.74 Å². The molecule has 2 aliphatic rings. The number of para-hydroxylation sites is 1. The van der Waals surface area contributed by atoms with E-state index in [-0.39, 0.29) is 12.2 Å². The lowest BCUT2D eigenvalue weighted by Gasteiger charge is -2.38. The molecule has 1 fully saturated rings. The maximum atomic E-state index is 10.3. The average molecular weight is 291 g/mol. The van der Waals surface area contributed by atoms with Gasteiger partial charge in [-0.25, -0.2) is 0 Å². The van der Waals surface area contributed by atoms with Crippen LogP contribution in [-0.4, -0.2) is 46.0 Å². The summed E-state index contributed by atoms with van der Waals surface area (Å²) in [5, 5.41) is 19.6. The molecule has 1 aromatic rings. The molecular weight excluding hydrogens is 266 g/mol. The molecule has 4 heteroatoms. The van der Waals surface area contributed by atoms with Crippen LogP contribution in [0.2, 0.25) is 0 Å². The summed E-state index contributed by atoms with van der Waals surface area (Å²) in [5.74, 6) is 1.01. The Kier molecular flexibility index (Phi) is 3.72. The number of rotatable bonds is 3. The largest absolute Gasteiger partial charge is 0.487 e. The first-order valence-electron chi connectivity index (χ1n) is 7.76. The first kappa shape index (κ1) is 14.8. The molecule has 0 saturated carbocycles. The Bertz CT molecular complexity index is 529. The Labute approximate surface area is 126 Å². The van der Waals surface area contributed by atoms with E-state index in [1.807, 2.05) is 0 Å². The fourth-order valence-corrected chi connectivity index (χ4v) is 3.51. The van der Waals surface area contributed by atoms with Crippen LogP contribution in [0.3, 0.4) is 0 Å². The maximum absolute atomic E-state index is 10.3. The highest BCUT2D eigenvalue weighted by molar-refractivity contribution is 5.45. The molecule has 4 nitrogen and oxygen atoms in total. The van der Waals surface area contributed by atoms with Crippen molar-refractivity contribution in [2.75, 3.05) is 19.7 Å². The molecular formula is C17H25NO3. The zero-order valence-corrected chi connectivity index (χ0v) is 12.9. The number of fused-ring (bicyclic) bond motifs is 1. The smallest absolute Gasteiger partial charge is 0.127 e. The van der Waals surface area contributed by atoms with Crippen LogP contribution in [0.4, 0.5) is 0 Å². The van der Waals surface area contributed by atoms with Gasteiger partial charge in [-0.05, 0) is 38.8 Å². The average Bonchev–Trinajstić information content (AvgIpc) is 2.74. The number of nitrogens with zero attached hydrogens (tertiary/aromatic N) is 1. The lowest BCUT2D eigenvalue weighted by molar-refractivity contribution is -0.0688. The molecule has 0 spiro atoms. The molecule has 0 radical (unpaired) electrons. The van der Waals surface area contributed by atoms with Gasteiger partial charge in [0.2, 0.25) is 0 Å². The lowest BCUT2D eigenvalue weighted by atomic mass is 9.93. The second kappa shape index (κ2) is 5.27. The molecule has 1 atom stereocenters. The van der Waals surface area contributed by atoms with Crippen molar-refractivity contribution in [3.63, 3.8) is 0 Å². The van der Waals surface area contributed by atoms with Gasteiger partial charge in [-0.1, -0.05) is 18.2 Å². The minimum absolute atomic E-state index is 0.133. The van der Waals surface area contributed by atoms with Crippen LogP contribution in [0.5, 0.6) is 5.75 Å². The number of ether oxygens (including phenoxy) is 1. The number of hydrogen-bond donors (Lipinski definition) is 2. The predicted molar refractivity (Wildman–Crippen MR) is 81.4 cm³/mol. The zero-order chi connectivity index (χ0) is 15.1. The van der Waals surface area contributed by atoms with E-state index in [0.29, 0.717) is 13.0 Å². The molecule has 1 aromatic carbocycles. The fraction of sp³-hybridized carbons (Fsp3) is 0.647. The van der Waals surface area contributed by atoms with Gasteiger partial charge in [0.25, 0.3) is 0 Å². The molecule has 0 amide bonds. The highest BCUT2D eigenvalue weighted by Gasteiger charge is 2.35. The summed E-state index contributed by atoms with van der Waals surface area (Å²) in [7, 11) is 0. The summed E-state index contributed by atoms with van der Waals surface area (Å²) >= 11 is 0. The molecule has 2 N–H and O–H groups in total. The maximum Gasteiger partial charge on any atom is 0.127 e. The number of benzene rings is 1. The van der Waals surface area contributed by atoms with Crippen molar-refractivity contribution in [2.45, 2.75) is 50.9 Å². The van der Waals surface area contributed by atoms with Crippen LogP contribution in [0.15, 0.2) is 18.2 Å². The standard InChI is InChI=1S/C17H25NO3/c1-16(2)9-13-5-3-6-14(15(13)21-16)10-18-8-4-7-17(20,11-18)12-19/h3,5-6,19-20H,4,7-12H2,1-2H3/t17-/m1/s1. The van der Waals surface area contributed by atoms with Crippen molar-refractivity contribution in [3.8, 4) is 5.75 Å². The molecule has 0 unspecified atom stereocenters. The van der Waals surface area contributed by atoms with Crippen molar-refractivity contribution >= 4 is 0 Å². The summed E-state index contributed by atoms with van der Waals surface area (Å²) in [4.78, 5) is 2.21. The van der Waals surface area contributed by atoms with Gasteiger partial charge in [0.15, 0.2) is 0 Å². The van der Waals surface area contributed by atoms with Gasteiger partial charge < -0.3 is 14.9 Å². The molecule has 3 rings (SSSR count). The molecule has 1 saturated heterocycles. The molecule has 2 aliphatic heterocycles. The van der Waals surface area contributed by atoms with E-state index in [9.17, 15) is 10.2 Å². The Balaban J connectivity index is 1.76. The number of piperidine rings is 1. The van der Waals surface area contributed by atoms with Crippen molar-refractivity contribution < 1.29 is 14.9 Å². The highest BCUT2D eigenvalue weighted by Crippen LogP contribution is 2.38. The van der Waals surface area contributed by atoms with Gasteiger partial charge in [0.05, 0.1) is 6.61 Å². The third-order valence-electron chi connectivity index (χ3n) is 4.50. The molecule has 0 bridgehead atoms. The molecule has 0 aromatic heterocycles. The summed E-state index contributed by atoms with van der Waals surface area (Å²) in [5.41, 5.74) is 1.37. The molecule has 21 heavy (non-hydrogen) atoms. The van der Waals surface area contributed by atoms with E-state index in [1.54, 1.807) is 0 Å². The Morgan fingerprint density at radius 3 is 2.90 bits per heavy atom. The second-order valence-corrected chi connectivity index (χ2v) is 7.14. The van der Waals surface area contributed by atoms with Gasteiger partial charge in [-0.15, -0.1) is 0 Å². The second-order valence-electron chi connectivity index (χ2n) is 7.14. The van der Waals surface area contributed by atoms with Crippen LogP contribution in [-0.2, 0) is 13.0 Å². The van der Waals surface area contributed by atoms with Gasteiger partial charge in [0.1, 0.15) is 17.0 Å². The van der Waals surface area contributed by atoms with Crippen molar-refractivity contribution in [3.05, 3.63) is 29.3 Å². The van der Waals surface area contributed by atoms with E-state index < -0.39 is 5.60 Å². The van der Waals surface area contributed by atoms with Crippen LogP contribution in [0.1, 0.15) is 37.8 Å². The van der Waals surface area contributed by atoms with Crippen LogP contribution >= 0.6 is 0 Å². The minimum atomic E-state index is -0.948. The minimum Gasteiger partial charge on any atom is -0.487 e. The quantitative estimate of drug-likeness (QED) is 0.890. The van der Waals surface area contributed by atoms with Crippen LogP contribution in [0, 0.1) is 0 Å². The first-order valence-corrected chi connectivity index (χ1v) is 7.76. The van der Waals surface area contributed by atoms with E-state index in [0.717, 1.165) is 31.7 Å². The zero-order valence-electron chi connectivity index (χ0n) is 12.9. The van der Waals surface area contributed by atoms with Gasteiger partial charge in [0, 0.05) is 25.1 Å². The summed E-state index contributed by atoms with van der Waals surface area (Å²) in [6.45, 7) is 6.30. The lowest BCUT2D eigenvalue weighted by Crippen LogP contribution is -2.50. The van der Waals surface area contributed by atoms with Crippen molar-refractivity contribution in [1.82, 2.24) is 4.90 Å². The first-order chi connectivity index (χ1) is 9.91. The number of likely N-dealkylation sites (tertiary alicyclic amines) is 1. The third kappa shape index (κ3) is 3.07. The van der Waals surface area contributed by atoms with Crippen LogP contribution in [0.25, 0.3) is 0 Å². The Hall–Kier alpha value is -1.10. The van der Waals surface area contributed by atoms with Gasteiger partial charge in [-0.3, -0.25) is 4.90 Å². The van der Waals surface area contributed by atoms with Gasteiger partial charge in [-0.2, -0.15) is 0 Å².